The molecule has 4 heteroatoms. The molecule has 0 amide bonds. The Morgan fingerprint density at radius 3 is 3.00 bits per heavy atom. The quantitative estimate of drug-likeness (QED) is 0.642. The molecule has 0 N–H and O–H groups in total. The van der Waals surface area contributed by atoms with Crippen molar-refractivity contribution in [3.05, 3.63) is 12.4 Å². The summed E-state index contributed by atoms with van der Waals surface area (Å²) in [7, 11) is 0. The summed E-state index contributed by atoms with van der Waals surface area (Å²) in [5.74, 6) is 0. The first-order chi connectivity index (χ1) is 6.25. The highest BCUT2D eigenvalue weighted by molar-refractivity contribution is 5.25. The standard InChI is InChI=1S/C8H11FN2O/c9-7-1-4-11(5-2-7)8-10-3-6-12-8/h3,6-7H,1-2,4-5H2/i6D. The largest absolute Gasteiger partial charge is 0.432 e. The average molecular weight is 171 g/mol. The number of hydrogen-bond donors (Lipinski definition) is 0. The van der Waals surface area contributed by atoms with Gasteiger partial charge in [-0.1, -0.05) is 0 Å². The zero-order valence-electron chi connectivity index (χ0n) is 7.66. The number of rotatable bonds is 1. The van der Waals surface area contributed by atoms with Crippen LogP contribution in [0, 0.1) is 0 Å². The minimum absolute atomic E-state index is 0.0531. The topological polar surface area (TPSA) is 29.3 Å². The zero-order valence-corrected chi connectivity index (χ0v) is 6.66. The lowest BCUT2D eigenvalue weighted by Gasteiger charge is -2.26. The summed E-state index contributed by atoms with van der Waals surface area (Å²) in [6.07, 6.45) is 1.77. The van der Waals surface area contributed by atoms with E-state index in [9.17, 15) is 4.39 Å². The molecule has 0 unspecified atom stereocenters. The second kappa shape index (κ2) is 3.13. The van der Waals surface area contributed by atoms with E-state index in [0.717, 1.165) is 0 Å². The number of alkyl halides is 1. The van der Waals surface area contributed by atoms with Gasteiger partial charge in [-0.15, -0.1) is 0 Å². The maximum atomic E-state index is 12.8. The average Bonchev–Trinajstić information content (AvgIpc) is 2.53. The van der Waals surface area contributed by atoms with Crippen molar-refractivity contribution in [1.82, 2.24) is 4.98 Å². The molecule has 2 rings (SSSR count). The molecular weight excluding hydrogens is 159 g/mol. The Bertz CT molecular complexity index is 283. The van der Waals surface area contributed by atoms with Crippen LogP contribution >= 0.6 is 0 Å². The molecule has 1 saturated heterocycles. The van der Waals surface area contributed by atoms with Gasteiger partial charge in [0.15, 0.2) is 0 Å². The zero-order chi connectivity index (χ0) is 9.26. The number of aromatic nitrogens is 1. The van der Waals surface area contributed by atoms with Gasteiger partial charge in [0.05, 0.1) is 6.20 Å². The van der Waals surface area contributed by atoms with Gasteiger partial charge in [0.1, 0.15) is 13.8 Å². The Morgan fingerprint density at radius 1 is 1.67 bits per heavy atom. The van der Waals surface area contributed by atoms with Gasteiger partial charge < -0.3 is 9.32 Å². The third-order valence-corrected chi connectivity index (χ3v) is 2.07. The van der Waals surface area contributed by atoms with Crippen molar-refractivity contribution in [2.75, 3.05) is 18.0 Å². The molecular formula is C8H11FN2O. The van der Waals surface area contributed by atoms with Gasteiger partial charge in [0.25, 0.3) is 6.01 Å². The summed E-state index contributed by atoms with van der Waals surface area (Å²) in [6.45, 7) is 1.25. The predicted octanol–water partition coefficient (Wildman–Crippen LogP) is 1.61. The van der Waals surface area contributed by atoms with Crippen LogP contribution in [0.3, 0.4) is 0 Å². The first kappa shape index (κ1) is 6.46. The maximum Gasteiger partial charge on any atom is 0.297 e. The summed E-state index contributed by atoms with van der Waals surface area (Å²) in [6, 6.07) is 0.442. The smallest absolute Gasteiger partial charge is 0.297 e. The number of anilines is 1. The molecule has 0 atom stereocenters. The van der Waals surface area contributed by atoms with Crippen LogP contribution in [-0.2, 0) is 0 Å². The second-order valence-corrected chi connectivity index (χ2v) is 2.92. The Hall–Kier alpha value is -1.06. The first-order valence-corrected chi connectivity index (χ1v) is 4.07. The van der Waals surface area contributed by atoms with Gasteiger partial charge in [0.2, 0.25) is 0 Å². The molecule has 0 aliphatic carbocycles. The van der Waals surface area contributed by atoms with E-state index < -0.39 is 6.17 Å². The Morgan fingerprint density at radius 2 is 2.42 bits per heavy atom. The number of piperidine rings is 1. The van der Waals surface area contributed by atoms with E-state index in [1.54, 1.807) is 0 Å². The van der Waals surface area contributed by atoms with Crippen LogP contribution in [-0.4, -0.2) is 24.2 Å². The minimum Gasteiger partial charge on any atom is -0.432 e. The lowest BCUT2D eigenvalue weighted by atomic mass is 10.1. The molecule has 2 heterocycles. The van der Waals surface area contributed by atoms with Gasteiger partial charge in [-0.3, -0.25) is 0 Å². The van der Waals surface area contributed by atoms with E-state index in [0.29, 0.717) is 31.9 Å². The molecule has 1 aliphatic heterocycles. The highest BCUT2D eigenvalue weighted by atomic mass is 19.1. The second-order valence-electron chi connectivity index (χ2n) is 2.92. The molecule has 0 spiro atoms. The molecule has 66 valence electrons. The Labute approximate surface area is 71.6 Å². The third kappa shape index (κ3) is 1.42. The summed E-state index contributed by atoms with van der Waals surface area (Å²) in [5, 5.41) is 0. The molecule has 1 aliphatic rings. The fourth-order valence-corrected chi connectivity index (χ4v) is 1.37. The Kier molecular flexibility index (Phi) is 1.68. The lowest BCUT2D eigenvalue weighted by molar-refractivity contribution is 0.272. The van der Waals surface area contributed by atoms with Crippen molar-refractivity contribution < 1.29 is 10.2 Å². The molecule has 12 heavy (non-hydrogen) atoms. The normalized spacial score (nSPS) is 21.1. The fraction of sp³-hybridized carbons (Fsp3) is 0.625. The molecule has 1 fully saturated rings. The summed E-state index contributed by atoms with van der Waals surface area (Å²) < 4.78 is 24.9. The van der Waals surface area contributed by atoms with Crippen LogP contribution in [0.25, 0.3) is 0 Å². The van der Waals surface area contributed by atoms with Crippen LogP contribution < -0.4 is 4.90 Å². The summed E-state index contributed by atoms with van der Waals surface area (Å²) >= 11 is 0. The Balaban J connectivity index is 2.02. The van der Waals surface area contributed by atoms with Crippen molar-refractivity contribution in [2.45, 2.75) is 19.0 Å². The van der Waals surface area contributed by atoms with Crippen molar-refractivity contribution in [1.29, 1.82) is 0 Å². The minimum atomic E-state index is -0.693. The van der Waals surface area contributed by atoms with Crippen LogP contribution in [0.1, 0.15) is 14.2 Å². The van der Waals surface area contributed by atoms with Crippen molar-refractivity contribution >= 4 is 6.01 Å². The van der Waals surface area contributed by atoms with E-state index >= 15 is 0 Å². The van der Waals surface area contributed by atoms with Gasteiger partial charge in [0, 0.05) is 13.1 Å². The summed E-state index contributed by atoms with van der Waals surface area (Å²) in [4.78, 5) is 5.78. The molecule has 0 saturated carbocycles. The van der Waals surface area contributed by atoms with Crippen molar-refractivity contribution in [3.8, 4) is 0 Å². The molecule has 0 bridgehead atoms. The SMILES string of the molecule is [2H]c1cnc(N2CCC(F)CC2)o1. The van der Waals surface area contributed by atoms with Crippen LogP contribution in [0.15, 0.2) is 16.9 Å². The van der Waals surface area contributed by atoms with E-state index in [2.05, 4.69) is 4.98 Å². The maximum absolute atomic E-state index is 12.8. The van der Waals surface area contributed by atoms with Crippen LogP contribution in [0.5, 0.6) is 0 Å². The van der Waals surface area contributed by atoms with Crippen molar-refractivity contribution in [2.24, 2.45) is 0 Å². The molecule has 1 aromatic rings. The molecule has 0 aromatic carbocycles. The van der Waals surface area contributed by atoms with E-state index in [4.69, 9.17) is 5.79 Å². The van der Waals surface area contributed by atoms with Gasteiger partial charge >= 0.3 is 0 Å². The number of oxazole rings is 1. The van der Waals surface area contributed by atoms with Gasteiger partial charge in [-0.2, -0.15) is 0 Å². The third-order valence-electron chi connectivity index (χ3n) is 2.07. The lowest BCUT2D eigenvalue weighted by Crippen LogP contribution is -2.34. The molecule has 0 radical (unpaired) electrons. The van der Waals surface area contributed by atoms with Gasteiger partial charge in [-0.25, -0.2) is 9.37 Å². The van der Waals surface area contributed by atoms with Gasteiger partial charge in [-0.05, 0) is 12.8 Å². The monoisotopic (exact) mass is 171 g/mol. The van der Waals surface area contributed by atoms with Crippen LogP contribution in [0.4, 0.5) is 10.4 Å². The molecule has 1 aromatic heterocycles. The highest BCUT2D eigenvalue weighted by Gasteiger charge is 2.20. The molecule has 3 nitrogen and oxygen atoms in total. The summed E-state index contributed by atoms with van der Waals surface area (Å²) in [5.41, 5.74) is 0. The number of hydrogen-bond acceptors (Lipinski definition) is 3. The van der Waals surface area contributed by atoms with Crippen molar-refractivity contribution in [3.63, 3.8) is 0 Å². The first-order valence-electron chi connectivity index (χ1n) is 4.57. The number of halogens is 1. The fourth-order valence-electron chi connectivity index (χ4n) is 1.37. The predicted molar refractivity (Wildman–Crippen MR) is 42.8 cm³/mol. The highest BCUT2D eigenvalue weighted by Crippen LogP contribution is 2.18. The van der Waals surface area contributed by atoms with Crippen LogP contribution in [0.2, 0.25) is 0 Å². The van der Waals surface area contributed by atoms with E-state index in [1.807, 2.05) is 4.90 Å². The van der Waals surface area contributed by atoms with E-state index in [-0.39, 0.29) is 6.24 Å². The van der Waals surface area contributed by atoms with E-state index in [1.165, 1.54) is 6.20 Å². The number of nitrogens with zero attached hydrogens (tertiary/aromatic N) is 2.